The van der Waals surface area contributed by atoms with Crippen LogP contribution in [0.5, 0.6) is 0 Å². The van der Waals surface area contributed by atoms with Crippen molar-refractivity contribution in [2.45, 2.75) is 31.9 Å². The van der Waals surface area contributed by atoms with E-state index in [1.165, 1.54) is 12.3 Å². The number of nitrogens with one attached hydrogen (secondary N) is 1. The molecular formula is C20H22ClF2N3O. The predicted octanol–water partition coefficient (Wildman–Crippen LogP) is 3.92. The number of rotatable bonds is 5. The van der Waals surface area contributed by atoms with Crippen LogP contribution in [-0.2, 0) is 6.50 Å². The summed E-state index contributed by atoms with van der Waals surface area (Å²) in [7, 11) is 0. The first kappa shape index (κ1) is 13.2. The molecule has 1 aromatic carbocycles. The van der Waals surface area contributed by atoms with Gasteiger partial charge < -0.3 is 10.2 Å². The third kappa shape index (κ3) is 5.02. The summed E-state index contributed by atoms with van der Waals surface area (Å²) in [6.07, 6.45) is -2.36. The molecule has 4 nitrogen and oxygen atoms in total. The Balaban J connectivity index is 1.82. The quantitative estimate of drug-likeness (QED) is 0.828. The molecule has 0 spiro atoms. The van der Waals surface area contributed by atoms with Crippen molar-refractivity contribution in [3.05, 3.63) is 64.2 Å². The molecule has 2 aromatic rings. The molecule has 1 fully saturated rings. The molecule has 1 unspecified atom stereocenters. The molecule has 1 saturated heterocycles. The highest BCUT2D eigenvalue weighted by molar-refractivity contribution is 6.31. The lowest BCUT2D eigenvalue weighted by Crippen LogP contribution is -2.48. The molecule has 2 heterocycles. The average molecular weight is 400 g/mol. The van der Waals surface area contributed by atoms with E-state index in [-0.39, 0.29) is 16.3 Å². The van der Waals surface area contributed by atoms with Crippen molar-refractivity contribution in [3.63, 3.8) is 0 Å². The topological polar surface area (TPSA) is 45.2 Å². The Morgan fingerprint density at radius 2 is 2.30 bits per heavy atom. The molecule has 0 aliphatic carbocycles. The third-order valence-corrected chi connectivity index (χ3v) is 4.30. The van der Waals surface area contributed by atoms with Crippen molar-refractivity contribution in [3.8, 4) is 0 Å². The van der Waals surface area contributed by atoms with E-state index in [0.717, 1.165) is 23.8 Å². The first-order chi connectivity index (χ1) is 15.1. The number of pyridine rings is 1. The second kappa shape index (κ2) is 8.31. The molecule has 1 aromatic heterocycles. The highest BCUT2D eigenvalue weighted by Crippen LogP contribution is 2.27. The second-order valence-electron chi connectivity index (χ2n) is 6.20. The van der Waals surface area contributed by atoms with Crippen molar-refractivity contribution < 1.29 is 21.8 Å². The van der Waals surface area contributed by atoms with E-state index in [9.17, 15) is 9.18 Å². The summed E-state index contributed by atoms with van der Waals surface area (Å²) in [4.78, 5) is 17.4. The number of piperidine rings is 1. The van der Waals surface area contributed by atoms with Gasteiger partial charge in [-0.05, 0) is 36.8 Å². The number of alkyl halides is 1. The van der Waals surface area contributed by atoms with Crippen LogP contribution in [0.1, 0.15) is 42.6 Å². The third-order valence-electron chi connectivity index (χ3n) is 4.01. The molecule has 1 aliphatic heterocycles. The highest BCUT2D eigenvalue weighted by atomic mass is 35.5. The summed E-state index contributed by atoms with van der Waals surface area (Å²) in [5, 5.41) is 1.95. The van der Waals surface area contributed by atoms with Crippen LogP contribution in [0, 0.1) is 12.7 Å². The maximum atomic E-state index is 15.8. The Morgan fingerprint density at radius 1 is 1.48 bits per heavy atom. The molecule has 3 rings (SSSR count). The number of nitrogens with zero attached hydrogens (tertiary/aromatic N) is 2. The van der Waals surface area contributed by atoms with Gasteiger partial charge in [0.1, 0.15) is 11.5 Å². The van der Waals surface area contributed by atoms with Gasteiger partial charge in [0, 0.05) is 58.9 Å². The van der Waals surface area contributed by atoms with Gasteiger partial charge in [0.25, 0.3) is 5.91 Å². The molecule has 1 amide bonds. The van der Waals surface area contributed by atoms with Crippen molar-refractivity contribution in [2.24, 2.45) is 0 Å². The van der Waals surface area contributed by atoms with Crippen LogP contribution in [0.25, 0.3) is 0 Å². The minimum Gasteiger partial charge on any atom is -0.338 e. The highest BCUT2D eigenvalue weighted by Gasteiger charge is 2.35. The molecule has 0 radical (unpaired) electrons. The molecule has 27 heavy (non-hydrogen) atoms. The van der Waals surface area contributed by atoms with Gasteiger partial charge in [-0.1, -0.05) is 17.7 Å². The molecule has 0 saturated carbocycles. The summed E-state index contributed by atoms with van der Waals surface area (Å²) < 4.78 is 78.5. The van der Waals surface area contributed by atoms with E-state index in [1.54, 1.807) is 13.0 Å². The van der Waals surface area contributed by atoms with E-state index >= 15 is 4.39 Å². The van der Waals surface area contributed by atoms with Crippen molar-refractivity contribution in [1.82, 2.24) is 15.2 Å². The Labute approximate surface area is 171 Å². The fourth-order valence-electron chi connectivity index (χ4n) is 2.43. The Bertz CT molecular complexity index is 1060. The normalized spacial score (nSPS) is 27.5. The lowest BCUT2D eigenvalue weighted by atomic mass is 9.92. The summed E-state index contributed by atoms with van der Waals surface area (Å²) in [5.41, 5.74) is -2.28. The monoisotopic (exact) mass is 399 g/mol. The van der Waals surface area contributed by atoms with Crippen LogP contribution in [0.3, 0.4) is 0 Å². The number of likely N-dealkylation sites (tertiary alicyclic amines) is 1. The van der Waals surface area contributed by atoms with Gasteiger partial charge in [0.2, 0.25) is 0 Å². The minimum absolute atomic E-state index is 0.0407. The van der Waals surface area contributed by atoms with Crippen molar-refractivity contribution in [1.29, 1.82) is 0 Å². The smallest absolute Gasteiger partial charge is 0.253 e. The van der Waals surface area contributed by atoms with Crippen molar-refractivity contribution in [2.75, 3.05) is 19.6 Å². The number of aromatic nitrogens is 1. The largest absolute Gasteiger partial charge is 0.338 e. The van der Waals surface area contributed by atoms with Gasteiger partial charge >= 0.3 is 0 Å². The molecule has 1 aliphatic rings. The second-order valence-corrected chi connectivity index (χ2v) is 6.60. The number of carbonyl (C=O) groups excluding carboxylic acids is 1. The number of carbonyl (C=O) groups is 1. The zero-order valence-electron chi connectivity index (χ0n) is 20.5. The van der Waals surface area contributed by atoms with E-state index in [2.05, 4.69) is 10.3 Å². The SMILES string of the molecule is [2H]C([2H])(NCC1(F)CC([2H])([2H])N(C(=O)c2ccc(F)c(Cl)c2)CC1([2H])[2H])c1ccc(C)cn1. The fourth-order valence-corrected chi connectivity index (χ4v) is 2.61. The van der Waals surface area contributed by atoms with Crippen molar-refractivity contribution >= 4 is 17.5 Å². The van der Waals surface area contributed by atoms with Crippen LogP contribution < -0.4 is 5.32 Å². The lowest BCUT2D eigenvalue weighted by Gasteiger charge is -2.36. The fraction of sp³-hybridized carbons (Fsp3) is 0.400. The van der Waals surface area contributed by atoms with Gasteiger partial charge in [-0.15, -0.1) is 0 Å². The number of benzene rings is 1. The summed E-state index contributed by atoms with van der Waals surface area (Å²) in [6.45, 7) is -4.98. The average Bonchev–Trinajstić information content (AvgIpc) is 2.71. The van der Waals surface area contributed by atoms with Crippen LogP contribution in [0.15, 0.2) is 36.5 Å². The molecule has 144 valence electrons. The van der Waals surface area contributed by atoms with Gasteiger partial charge in [0.05, 0.1) is 10.7 Å². The standard InChI is InChI=1S/C20H22ClF2N3O/c1-14-2-4-16(25-11-14)12-24-13-20(23)6-8-26(9-7-20)19(27)15-3-5-18(22)17(21)10-15/h2-5,10-11,24H,6-9,12-13H2,1H3/i6D2,9D2,12D2. The first-order valence-corrected chi connectivity index (χ1v) is 8.60. The van der Waals surface area contributed by atoms with Gasteiger partial charge in [-0.2, -0.15) is 0 Å². The van der Waals surface area contributed by atoms with Crippen LogP contribution in [0.2, 0.25) is 5.02 Å². The maximum Gasteiger partial charge on any atom is 0.253 e. The zero-order valence-corrected chi connectivity index (χ0v) is 15.3. The molecule has 1 N–H and O–H groups in total. The molecule has 0 bridgehead atoms. The van der Waals surface area contributed by atoms with Crippen LogP contribution in [0.4, 0.5) is 8.78 Å². The molecular weight excluding hydrogens is 372 g/mol. The first-order valence-electron chi connectivity index (χ1n) is 11.2. The van der Waals surface area contributed by atoms with E-state index < -0.39 is 56.3 Å². The maximum absolute atomic E-state index is 15.8. The van der Waals surface area contributed by atoms with Gasteiger partial charge in [-0.3, -0.25) is 9.78 Å². The summed E-state index contributed by atoms with van der Waals surface area (Å²) >= 11 is 5.69. The number of halogens is 3. The number of hydrogen-bond donors (Lipinski definition) is 1. The zero-order chi connectivity index (χ0) is 24.8. The molecule has 1 atom stereocenters. The van der Waals surface area contributed by atoms with E-state index in [1.807, 2.05) is 0 Å². The summed E-state index contributed by atoms with van der Waals surface area (Å²) in [5.74, 6) is -1.75. The number of hydrogen-bond acceptors (Lipinski definition) is 3. The van der Waals surface area contributed by atoms with Gasteiger partial charge in [0.15, 0.2) is 0 Å². The minimum atomic E-state index is -2.86. The Kier molecular flexibility index (Phi) is 4.06. The Hall–Kier alpha value is -2.05. The molecule has 7 heteroatoms. The van der Waals surface area contributed by atoms with E-state index in [4.69, 9.17) is 19.8 Å². The number of amides is 1. The number of aryl methyl sites for hydroxylation is 1. The van der Waals surface area contributed by atoms with Crippen LogP contribution >= 0.6 is 11.6 Å². The Morgan fingerprint density at radius 3 is 3.00 bits per heavy atom. The lowest BCUT2D eigenvalue weighted by molar-refractivity contribution is 0.0434. The van der Waals surface area contributed by atoms with E-state index in [0.29, 0.717) is 4.90 Å². The predicted molar refractivity (Wildman–Crippen MR) is 101 cm³/mol. The summed E-state index contributed by atoms with van der Waals surface area (Å²) in [6, 6.07) is 6.03. The van der Waals surface area contributed by atoms with Crippen LogP contribution in [-0.4, -0.2) is 41.0 Å². The van der Waals surface area contributed by atoms with Gasteiger partial charge in [-0.25, -0.2) is 8.78 Å².